The van der Waals surface area contributed by atoms with Crippen LogP contribution in [0.4, 0.5) is 4.79 Å². The summed E-state index contributed by atoms with van der Waals surface area (Å²) in [6.07, 6.45) is 4.05. The first-order chi connectivity index (χ1) is 10.5. The number of urea groups is 1. The van der Waals surface area contributed by atoms with Crippen molar-refractivity contribution >= 4 is 17.8 Å². The van der Waals surface area contributed by atoms with Gasteiger partial charge in [0.25, 0.3) is 0 Å². The molecule has 1 unspecified atom stereocenters. The first kappa shape index (κ1) is 17.2. The Morgan fingerprint density at radius 3 is 2.64 bits per heavy atom. The molecule has 2 amide bonds. The third-order valence-corrected chi connectivity index (χ3v) is 5.72. The number of amides is 2. The minimum atomic E-state index is -0.134. The minimum Gasteiger partial charge on any atom is -0.466 e. The van der Waals surface area contributed by atoms with Crippen LogP contribution in [0, 0.1) is 13.8 Å². The normalized spacial score (nSPS) is 18.7. The third kappa shape index (κ3) is 4.20. The monoisotopic (exact) mass is 326 g/mol. The van der Waals surface area contributed by atoms with E-state index < -0.39 is 0 Å². The molecule has 1 aliphatic heterocycles. The quantitative estimate of drug-likeness (QED) is 0.872. The fraction of sp³-hybridized carbons (Fsp3) is 0.688. The molecule has 1 saturated heterocycles. The van der Waals surface area contributed by atoms with Gasteiger partial charge in [-0.1, -0.05) is 0 Å². The van der Waals surface area contributed by atoms with Crippen LogP contribution in [0.5, 0.6) is 0 Å². The highest BCUT2D eigenvalue weighted by atomic mass is 32.2. The van der Waals surface area contributed by atoms with E-state index in [0.29, 0.717) is 6.54 Å². The van der Waals surface area contributed by atoms with E-state index in [4.69, 9.17) is 9.15 Å². The predicted octanol–water partition coefficient (Wildman–Crippen LogP) is 3.17. The second kappa shape index (κ2) is 7.42. The van der Waals surface area contributed by atoms with Gasteiger partial charge in [-0.05, 0) is 45.9 Å². The molecule has 1 aliphatic rings. The molecule has 0 aromatic carbocycles. The van der Waals surface area contributed by atoms with E-state index in [1.54, 1.807) is 0 Å². The number of nitrogens with one attached hydrogen (secondary N) is 2. The summed E-state index contributed by atoms with van der Waals surface area (Å²) in [7, 11) is 0. The van der Waals surface area contributed by atoms with Crippen molar-refractivity contribution in [2.75, 3.05) is 26.0 Å². The number of aryl methyl sites for hydroxylation is 2. The molecule has 1 aromatic heterocycles. The maximum atomic E-state index is 12.2. The zero-order valence-corrected chi connectivity index (χ0v) is 14.6. The van der Waals surface area contributed by atoms with Gasteiger partial charge in [-0.25, -0.2) is 4.79 Å². The van der Waals surface area contributed by atoms with Crippen molar-refractivity contribution in [3.05, 3.63) is 23.2 Å². The van der Waals surface area contributed by atoms with Crippen LogP contribution in [0.15, 0.2) is 10.5 Å². The van der Waals surface area contributed by atoms with Crippen molar-refractivity contribution in [2.45, 2.75) is 44.4 Å². The average molecular weight is 326 g/mol. The maximum absolute atomic E-state index is 12.2. The molecule has 1 fully saturated rings. The van der Waals surface area contributed by atoms with Gasteiger partial charge in [-0.3, -0.25) is 0 Å². The van der Waals surface area contributed by atoms with E-state index in [0.717, 1.165) is 43.1 Å². The van der Waals surface area contributed by atoms with Gasteiger partial charge in [-0.15, -0.1) is 0 Å². The van der Waals surface area contributed by atoms with Crippen LogP contribution in [0.3, 0.4) is 0 Å². The fourth-order valence-corrected chi connectivity index (χ4v) is 3.64. The smallest absolute Gasteiger partial charge is 0.315 e. The topological polar surface area (TPSA) is 63.5 Å². The molecule has 5 nitrogen and oxygen atoms in total. The molecule has 1 aromatic rings. The van der Waals surface area contributed by atoms with Crippen LogP contribution in [-0.4, -0.2) is 36.8 Å². The summed E-state index contributed by atoms with van der Waals surface area (Å²) < 4.78 is 11.0. The average Bonchev–Trinajstić information content (AvgIpc) is 2.85. The number of hydrogen-bond donors (Lipinski definition) is 2. The largest absolute Gasteiger partial charge is 0.466 e. The molecule has 22 heavy (non-hydrogen) atoms. The fourth-order valence-electron chi connectivity index (χ4n) is 2.84. The molecule has 1 atom stereocenters. The minimum absolute atomic E-state index is 0.0719. The highest BCUT2D eigenvalue weighted by Gasteiger charge is 2.32. The zero-order valence-electron chi connectivity index (χ0n) is 13.8. The Bertz CT molecular complexity index is 509. The lowest BCUT2D eigenvalue weighted by Crippen LogP contribution is -2.47. The lowest BCUT2D eigenvalue weighted by Gasteiger charge is -2.35. The summed E-state index contributed by atoms with van der Waals surface area (Å²) in [6.45, 7) is 8.01. The van der Waals surface area contributed by atoms with Crippen LogP contribution in [-0.2, 0) is 4.74 Å². The highest BCUT2D eigenvalue weighted by molar-refractivity contribution is 8.00. The molecule has 2 N–H and O–H groups in total. The number of ether oxygens (including phenoxy) is 1. The van der Waals surface area contributed by atoms with Gasteiger partial charge in [-0.2, -0.15) is 11.8 Å². The van der Waals surface area contributed by atoms with Crippen molar-refractivity contribution in [1.82, 2.24) is 10.6 Å². The number of thioether (sulfide) groups is 1. The summed E-state index contributed by atoms with van der Waals surface area (Å²) in [4.78, 5) is 12.2. The number of furan rings is 1. The van der Waals surface area contributed by atoms with Gasteiger partial charge < -0.3 is 19.8 Å². The Morgan fingerprint density at radius 1 is 1.41 bits per heavy atom. The first-order valence-corrected chi connectivity index (χ1v) is 8.92. The molecular weight excluding hydrogens is 300 g/mol. The molecule has 0 bridgehead atoms. The summed E-state index contributed by atoms with van der Waals surface area (Å²) >= 11 is 1.82. The number of rotatable bonds is 5. The molecule has 0 aliphatic carbocycles. The molecule has 2 rings (SSSR count). The van der Waals surface area contributed by atoms with Gasteiger partial charge in [0.2, 0.25) is 0 Å². The molecule has 124 valence electrons. The molecule has 2 heterocycles. The lowest BCUT2D eigenvalue weighted by atomic mass is 9.99. The number of carbonyl (C=O) groups excluding carboxylic acids is 1. The van der Waals surface area contributed by atoms with E-state index in [1.165, 1.54) is 0 Å². The predicted molar refractivity (Wildman–Crippen MR) is 89.4 cm³/mol. The molecule has 6 heteroatoms. The Morgan fingerprint density at radius 2 is 2.09 bits per heavy atom. The van der Waals surface area contributed by atoms with Crippen LogP contribution in [0.25, 0.3) is 0 Å². The second-order valence-corrected chi connectivity index (χ2v) is 7.19. The van der Waals surface area contributed by atoms with E-state index in [-0.39, 0.29) is 16.8 Å². The Labute approximate surface area is 136 Å². The SMILES string of the molecule is CSC1(CNC(=O)NC(C)c2cc(C)oc2C)CCOCC1. The van der Waals surface area contributed by atoms with Crippen LogP contribution in [0.1, 0.15) is 42.9 Å². The van der Waals surface area contributed by atoms with Gasteiger partial charge in [0.15, 0.2) is 0 Å². The van der Waals surface area contributed by atoms with E-state index in [2.05, 4.69) is 16.9 Å². The van der Waals surface area contributed by atoms with Crippen molar-refractivity contribution in [1.29, 1.82) is 0 Å². The van der Waals surface area contributed by atoms with Crippen LogP contribution >= 0.6 is 11.8 Å². The highest BCUT2D eigenvalue weighted by Crippen LogP contribution is 2.33. The first-order valence-electron chi connectivity index (χ1n) is 7.70. The van der Waals surface area contributed by atoms with Crippen LogP contribution < -0.4 is 10.6 Å². The van der Waals surface area contributed by atoms with Gasteiger partial charge in [0, 0.05) is 30.1 Å². The Hall–Kier alpha value is -1.14. The molecular formula is C16H26N2O3S. The summed E-state index contributed by atoms with van der Waals surface area (Å²) in [5, 5.41) is 5.99. The Balaban J connectivity index is 1.86. The van der Waals surface area contributed by atoms with Crippen LogP contribution in [0.2, 0.25) is 0 Å². The summed E-state index contributed by atoms with van der Waals surface area (Å²) in [5.41, 5.74) is 1.03. The molecule has 0 saturated carbocycles. The van der Waals surface area contributed by atoms with Gasteiger partial charge >= 0.3 is 6.03 Å². The maximum Gasteiger partial charge on any atom is 0.315 e. The second-order valence-electron chi connectivity index (χ2n) is 5.92. The van der Waals surface area contributed by atoms with Crippen molar-refractivity contribution in [3.8, 4) is 0 Å². The Kier molecular flexibility index (Phi) is 5.81. The standard InChI is InChI=1S/C16H26N2O3S/c1-11-9-14(13(3)21-11)12(2)18-15(19)17-10-16(22-4)5-7-20-8-6-16/h9,12H,5-8,10H2,1-4H3,(H2,17,18,19). The summed E-state index contributed by atoms with van der Waals surface area (Å²) in [5.74, 6) is 1.72. The third-order valence-electron chi connectivity index (χ3n) is 4.30. The molecule has 0 spiro atoms. The van der Waals surface area contributed by atoms with E-state index in [9.17, 15) is 4.79 Å². The van der Waals surface area contributed by atoms with Crippen molar-refractivity contribution in [2.24, 2.45) is 0 Å². The number of hydrogen-bond acceptors (Lipinski definition) is 4. The summed E-state index contributed by atoms with van der Waals surface area (Å²) in [6, 6.07) is 1.77. The van der Waals surface area contributed by atoms with Gasteiger partial charge in [0.1, 0.15) is 11.5 Å². The van der Waals surface area contributed by atoms with E-state index in [1.807, 2.05) is 38.6 Å². The zero-order chi connectivity index (χ0) is 16.2. The lowest BCUT2D eigenvalue weighted by molar-refractivity contribution is 0.0777. The van der Waals surface area contributed by atoms with Crippen molar-refractivity contribution in [3.63, 3.8) is 0 Å². The van der Waals surface area contributed by atoms with Crippen molar-refractivity contribution < 1.29 is 13.9 Å². The van der Waals surface area contributed by atoms with E-state index >= 15 is 0 Å². The number of carbonyl (C=O) groups is 1. The molecule has 0 radical (unpaired) electrons. The van der Waals surface area contributed by atoms with Gasteiger partial charge in [0.05, 0.1) is 6.04 Å².